The Balaban J connectivity index is -0.000000125. The van der Waals surface area contributed by atoms with Gasteiger partial charge in [0.1, 0.15) is 0 Å². The van der Waals surface area contributed by atoms with Gasteiger partial charge in [0.2, 0.25) is 0 Å². The summed E-state index contributed by atoms with van der Waals surface area (Å²) in [5, 5.41) is 0. The molecule has 0 aromatic carbocycles. The maximum atomic E-state index is 8.65. The molecule has 0 aromatic rings. The van der Waals surface area contributed by atoms with Crippen LogP contribution < -0.4 is 19.8 Å². The third kappa shape index (κ3) is 28000. The molecule has 0 rings (SSSR count). The van der Waals surface area contributed by atoms with E-state index in [0.29, 0.717) is 0 Å². The Kier molecular flexibility index (Phi) is 4.84. The first-order valence-corrected chi connectivity index (χ1v) is 4.93. The molecule has 0 saturated heterocycles. The van der Waals surface area contributed by atoms with Gasteiger partial charge >= 0.3 is 33.2 Å². The summed E-state index contributed by atoms with van der Waals surface area (Å²) >= 11 is -7.87. The fraction of sp³-hybridized carbons (Fsp3) is 0. The van der Waals surface area contributed by atoms with Crippen molar-refractivity contribution in [3.63, 3.8) is 0 Å². The molecule has 8 N–H and O–H groups in total. The minimum atomic E-state index is -7.87. The molecule has 8 heteroatoms. The van der Waals surface area contributed by atoms with Gasteiger partial charge in [-0.2, -0.15) is 0 Å². The second-order valence-corrected chi connectivity index (χ2v) is 4.03. The first-order valence-electron chi connectivity index (χ1n) is 0.833. The van der Waals surface area contributed by atoms with Crippen LogP contribution >= 0.6 is 0 Å². The summed E-state index contributed by atoms with van der Waals surface area (Å²) in [6.45, 7) is 0. The van der Waals surface area contributed by atoms with E-state index in [1.165, 1.54) is 0 Å². The van der Waals surface area contributed by atoms with E-state index in [1.807, 2.05) is 0 Å². The van der Waals surface area contributed by atoms with Crippen molar-refractivity contribution in [3.05, 3.63) is 0 Å². The van der Waals surface area contributed by atoms with Gasteiger partial charge in [-0.25, -0.2) is 0 Å². The fourth-order valence-corrected chi connectivity index (χ4v) is 0. The first kappa shape index (κ1) is 15.7. The molecule has 0 amide bonds. The maximum absolute atomic E-state index is 8.65. The molecule has 0 atom stereocenters. The number of rotatable bonds is 0. The minimum absolute atomic E-state index is 0. The van der Waals surface area contributed by atoms with E-state index in [9.17, 15) is 0 Å². The molecule has 0 fully saturated rings. The van der Waals surface area contributed by atoms with Gasteiger partial charge in [0, 0.05) is 0 Å². The van der Waals surface area contributed by atoms with Crippen LogP contribution in [0.3, 0.4) is 0 Å². The van der Waals surface area contributed by atoms with E-state index in [1.54, 1.807) is 0 Å². The summed E-state index contributed by atoms with van der Waals surface area (Å²) in [5.41, 5.74) is 0. The molecule has 8 heavy (non-hydrogen) atoms. The van der Waals surface area contributed by atoms with Crippen LogP contribution in [0.15, 0.2) is 0 Å². The summed E-state index contributed by atoms with van der Waals surface area (Å²) < 4.78 is 43.3. The molecule has 0 aliphatic rings. The van der Waals surface area contributed by atoms with Gasteiger partial charge in [-0.05, 0) is 0 Å². The SMILES string of the molecule is [NH4+].[NH4+].[O]=[Mo](=[O])(=[O])([O-])[O-]. The topological polar surface area (TPSA) is 170 Å². The molecule has 0 unspecified atom stereocenters. The second-order valence-electron chi connectivity index (χ2n) is 0.680. The normalized spacial score (nSPS) is 10.9. The Labute approximate surface area is 46.2 Å². The van der Waals surface area contributed by atoms with Gasteiger partial charge in [0.25, 0.3) is 0 Å². The van der Waals surface area contributed by atoms with Crippen LogP contribution in [0.4, 0.5) is 0 Å². The van der Waals surface area contributed by atoms with Gasteiger partial charge in [-0.1, -0.05) is 0 Å². The van der Waals surface area contributed by atoms with Crippen LogP contribution in [0.5, 0.6) is 0 Å². The summed E-state index contributed by atoms with van der Waals surface area (Å²) in [7, 11) is 0. The van der Waals surface area contributed by atoms with E-state index in [0.717, 1.165) is 0 Å². The van der Waals surface area contributed by atoms with E-state index >= 15 is 0 Å². The molecule has 0 spiro atoms. The molecule has 0 aromatic heterocycles. The Morgan fingerprint density at radius 2 is 0.875 bits per heavy atom. The van der Waals surface area contributed by atoms with Crippen molar-refractivity contribution >= 4 is 0 Å². The molecule has 0 radical (unpaired) electrons. The molecule has 54 valence electrons. The molecule has 0 aliphatic carbocycles. The van der Waals surface area contributed by atoms with Gasteiger partial charge in [0.05, 0.1) is 0 Å². The number of hydrogen-bond donors (Lipinski definition) is 2. The molecule has 0 aliphatic heterocycles. The molecule has 7 nitrogen and oxygen atoms in total. The van der Waals surface area contributed by atoms with Crippen LogP contribution in [0.2, 0.25) is 0 Å². The van der Waals surface area contributed by atoms with Gasteiger partial charge in [-0.3, -0.25) is 0 Å². The predicted molar refractivity (Wildman–Crippen MR) is 14.0 cm³/mol. The third-order valence-electron chi connectivity index (χ3n) is 0. The van der Waals surface area contributed by atoms with E-state index in [4.69, 9.17) is 17.7 Å². The second kappa shape index (κ2) is 2.47. The summed E-state index contributed by atoms with van der Waals surface area (Å²) in [6, 6.07) is 0. The third-order valence-corrected chi connectivity index (χ3v) is 0. The van der Waals surface area contributed by atoms with Crippen LogP contribution in [-0.4, -0.2) is 0 Å². The quantitative estimate of drug-likeness (QED) is 0.442. The van der Waals surface area contributed by atoms with Crippen molar-refractivity contribution in [1.29, 1.82) is 0 Å². The molecule has 0 heterocycles. The molecular formula is H8MoN2O5. The van der Waals surface area contributed by atoms with Crippen molar-refractivity contribution in [2.24, 2.45) is 0 Å². The van der Waals surface area contributed by atoms with Crippen LogP contribution in [0.25, 0.3) is 0 Å². The Hall–Kier alpha value is -0.0717. The van der Waals surface area contributed by atoms with Crippen molar-refractivity contribution in [1.82, 2.24) is 12.3 Å². The van der Waals surface area contributed by atoms with E-state index < -0.39 is 15.5 Å². The summed E-state index contributed by atoms with van der Waals surface area (Å²) in [6.07, 6.45) is 0. The first-order chi connectivity index (χ1) is 2.24. The zero-order valence-electron chi connectivity index (χ0n) is 4.45. The Morgan fingerprint density at radius 3 is 0.875 bits per heavy atom. The number of quaternary nitrogens is 2. The Bertz CT molecular complexity index is 189. The van der Waals surface area contributed by atoms with Crippen molar-refractivity contribution in [3.8, 4) is 0 Å². The van der Waals surface area contributed by atoms with Crippen molar-refractivity contribution < 1.29 is 33.2 Å². The van der Waals surface area contributed by atoms with Crippen LogP contribution in [-0.2, 0) is 25.7 Å². The van der Waals surface area contributed by atoms with Gasteiger partial charge in [-0.15, -0.1) is 0 Å². The summed E-state index contributed by atoms with van der Waals surface area (Å²) in [4.78, 5) is 0. The molecule has 0 bridgehead atoms. The molecular weight excluding hydrogens is 204 g/mol. The van der Waals surface area contributed by atoms with Crippen LogP contribution in [0.1, 0.15) is 0 Å². The monoisotopic (exact) mass is 214 g/mol. The van der Waals surface area contributed by atoms with Crippen molar-refractivity contribution in [2.45, 2.75) is 0 Å². The number of hydrogen-bond acceptors (Lipinski definition) is 5. The van der Waals surface area contributed by atoms with E-state index in [2.05, 4.69) is 0 Å². The molecule has 0 saturated carbocycles. The van der Waals surface area contributed by atoms with Gasteiger partial charge in [0.15, 0.2) is 0 Å². The standard InChI is InChI=1S/Mo.2H3N.5O/h;2*1H3;;;;;/q;;;;;;2*-1/p+2. The summed E-state index contributed by atoms with van der Waals surface area (Å²) in [5.74, 6) is 0. The average Bonchev–Trinajstić information content (AvgIpc) is 0.650. The Morgan fingerprint density at radius 1 is 0.875 bits per heavy atom. The van der Waals surface area contributed by atoms with Crippen molar-refractivity contribution in [2.75, 3.05) is 0 Å². The van der Waals surface area contributed by atoms with Crippen LogP contribution in [0, 0.1) is 0 Å². The fourth-order valence-electron chi connectivity index (χ4n) is 0. The predicted octanol–water partition coefficient (Wildman–Crippen LogP) is -1.98. The van der Waals surface area contributed by atoms with E-state index in [-0.39, 0.29) is 12.3 Å². The average molecular weight is 212 g/mol. The van der Waals surface area contributed by atoms with Gasteiger partial charge < -0.3 is 12.3 Å². The zero-order chi connectivity index (χ0) is 5.45. The zero-order valence-corrected chi connectivity index (χ0v) is 6.46.